The summed E-state index contributed by atoms with van der Waals surface area (Å²) in [6.07, 6.45) is -2.98. The first-order chi connectivity index (χ1) is 6.90. The van der Waals surface area contributed by atoms with E-state index >= 15 is 0 Å². The Morgan fingerprint density at radius 2 is 2.00 bits per heavy atom. The third-order valence-electron chi connectivity index (χ3n) is 1.84. The quantitative estimate of drug-likeness (QED) is 0.748. The van der Waals surface area contributed by atoms with Crippen molar-refractivity contribution in [1.29, 1.82) is 0 Å². The minimum absolute atomic E-state index is 0.104. The molecule has 0 aliphatic carbocycles. The van der Waals surface area contributed by atoms with Crippen molar-refractivity contribution in [3.8, 4) is 0 Å². The van der Waals surface area contributed by atoms with Crippen LogP contribution in [0.1, 0.15) is 26.2 Å². The Labute approximate surface area is 86.9 Å². The van der Waals surface area contributed by atoms with E-state index in [4.69, 9.17) is 5.11 Å². The summed E-state index contributed by atoms with van der Waals surface area (Å²) < 4.78 is 36.1. The Balaban J connectivity index is 4.18. The van der Waals surface area contributed by atoms with Gasteiger partial charge in [0.15, 0.2) is 0 Å². The Bertz CT molecular complexity index is 194. The minimum Gasteiger partial charge on any atom is -0.395 e. The highest BCUT2D eigenvalue weighted by Gasteiger charge is 2.32. The average Bonchev–Trinajstić information content (AvgIpc) is 2.11. The molecule has 0 unspecified atom stereocenters. The van der Waals surface area contributed by atoms with Gasteiger partial charge in [-0.25, -0.2) is 0 Å². The van der Waals surface area contributed by atoms with Crippen molar-refractivity contribution >= 4 is 5.91 Å². The zero-order chi connectivity index (χ0) is 11.9. The molecule has 0 heterocycles. The minimum atomic E-state index is -4.41. The highest BCUT2D eigenvalue weighted by molar-refractivity contribution is 5.76. The largest absolute Gasteiger partial charge is 0.406 e. The van der Waals surface area contributed by atoms with Gasteiger partial charge in [0.05, 0.1) is 6.61 Å². The van der Waals surface area contributed by atoms with Gasteiger partial charge in [-0.05, 0) is 6.42 Å². The van der Waals surface area contributed by atoms with E-state index in [-0.39, 0.29) is 13.0 Å². The first-order valence-corrected chi connectivity index (χ1v) is 4.86. The van der Waals surface area contributed by atoms with Gasteiger partial charge < -0.3 is 10.0 Å². The molecular formula is C9H16F3NO2. The lowest BCUT2D eigenvalue weighted by Gasteiger charge is -2.22. The molecule has 0 aromatic carbocycles. The average molecular weight is 227 g/mol. The summed E-state index contributed by atoms with van der Waals surface area (Å²) in [6, 6.07) is 0. The van der Waals surface area contributed by atoms with E-state index in [1.54, 1.807) is 0 Å². The Morgan fingerprint density at radius 3 is 2.40 bits per heavy atom. The van der Waals surface area contributed by atoms with Gasteiger partial charge in [-0.3, -0.25) is 4.79 Å². The van der Waals surface area contributed by atoms with Crippen LogP contribution < -0.4 is 0 Å². The monoisotopic (exact) mass is 227 g/mol. The third-order valence-corrected chi connectivity index (χ3v) is 1.84. The summed E-state index contributed by atoms with van der Waals surface area (Å²) in [7, 11) is 0. The summed E-state index contributed by atoms with van der Waals surface area (Å²) in [5.41, 5.74) is 0. The van der Waals surface area contributed by atoms with Crippen LogP contribution in [0.2, 0.25) is 0 Å². The van der Waals surface area contributed by atoms with E-state index in [1.165, 1.54) is 0 Å². The van der Waals surface area contributed by atoms with Gasteiger partial charge in [0.1, 0.15) is 6.54 Å². The molecule has 0 saturated carbocycles. The standard InChI is InChI=1S/C9H16F3NO2/c1-2-3-4-8(15)13(5-6-14)7-9(10,11)12/h14H,2-7H2,1H3. The lowest BCUT2D eigenvalue weighted by atomic mass is 10.2. The van der Waals surface area contributed by atoms with Gasteiger partial charge in [-0.2, -0.15) is 13.2 Å². The number of aliphatic hydroxyl groups is 1. The van der Waals surface area contributed by atoms with Crippen molar-refractivity contribution in [2.75, 3.05) is 19.7 Å². The number of hydrogen-bond donors (Lipinski definition) is 1. The molecule has 0 aliphatic heterocycles. The van der Waals surface area contributed by atoms with Gasteiger partial charge in [-0.1, -0.05) is 13.3 Å². The first-order valence-electron chi connectivity index (χ1n) is 4.86. The van der Waals surface area contributed by atoms with Crippen molar-refractivity contribution in [1.82, 2.24) is 4.90 Å². The molecule has 0 radical (unpaired) electrons. The van der Waals surface area contributed by atoms with Crippen LogP contribution >= 0.6 is 0 Å². The van der Waals surface area contributed by atoms with Crippen LogP contribution in [-0.2, 0) is 4.79 Å². The van der Waals surface area contributed by atoms with Crippen LogP contribution in [0.5, 0.6) is 0 Å². The second kappa shape index (κ2) is 6.66. The smallest absolute Gasteiger partial charge is 0.395 e. The van der Waals surface area contributed by atoms with Crippen molar-refractivity contribution in [3.63, 3.8) is 0 Å². The van der Waals surface area contributed by atoms with Crippen molar-refractivity contribution in [2.45, 2.75) is 32.4 Å². The van der Waals surface area contributed by atoms with E-state index in [2.05, 4.69) is 0 Å². The van der Waals surface area contributed by atoms with E-state index in [9.17, 15) is 18.0 Å². The second-order valence-corrected chi connectivity index (χ2v) is 3.26. The number of alkyl halides is 3. The maximum Gasteiger partial charge on any atom is 0.406 e. The van der Waals surface area contributed by atoms with Crippen molar-refractivity contribution in [2.24, 2.45) is 0 Å². The molecule has 0 saturated heterocycles. The summed E-state index contributed by atoms with van der Waals surface area (Å²) >= 11 is 0. The molecule has 3 nitrogen and oxygen atoms in total. The normalized spacial score (nSPS) is 11.5. The van der Waals surface area contributed by atoms with Gasteiger partial charge in [0.2, 0.25) is 5.91 Å². The number of nitrogens with zero attached hydrogens (tertiary/aromatic N) is 1. The number of amides is 1. The SMILES string of the molecule is CCCCC(=O)N(CCO)CC(F)(F)F. The molecule has 0 atom stereocenters. The predicted octanol–water partition coefficient (Wildman–Crippen LogP) is 1.56. The van der Waals surface area contributed by atoms with Crippen molar-refractivity contribution in [3.05, 3.63) is 0 Å². The molecule has 0 spiro atoms. The Morgan fingerprint density at radius 1 is 1.40 bits per heavy atom. The number of halogens is 3. The maximum atomic E-state index is 12.0. The van der Waals surface area contributed by atoms with Crippen LogP contribution in [0.4, 0.5) is 13.2 Å². The fraction of sp³-hybridized carbons (Fsp3) is 0.889. The molecule has 0 aliphatic rings. The number of unbranched alkanes of at least 4 members (excludes halogenated alkanes) is 1. The Hall–Kier alpha value is -0.780. The molecular weight excluding hydrogens is 211 g/mol. The molecule has 0 aromatic heterocycles. The molecule has 0 aromatic rings. The van der Waals surface area contributed by atoms with E-state index in [1.807, 2.05) is 6.92 Å². The van der Waals surface area contributed by atoms with Crippen LogP contribution in [0.3, 0.4) is 0 Å². The van der Waals surface area contributed by atoms with E-state index in [0.29, 0.717) is 11.3 Å². The number of rotatable bonds is 6. The summed E-state index contributed by atoms with van der Waals surface area (Å²) in [6.45, 7) is -0.139. The number of carbonyl (C=O) groups is 1. The molecule has 0 rings (SSSR count). The van der Waals surface area contributed by atoms with Gasteiger partial charge in [0.25, 0.3) is 0 Å². The molecule has 1 N–H and O–H groups in total. The van der Waals surface area contributed by atoms with E-state index < -0.39 is 25.2 Å². The molecule has 6 heteroatoms. The predicted molar refractivity (Wildman–Crippen MR) is 49.2 cm³/mol. The fourth-order valence-electron chi connectivity index (χ4n) is 1.12. The molecule has 15 heavy (non-hydrogen) atoms. The second-order valence-electron chi connectivity index (χ2n) is 3.26. The summed E-state index contributed by atoms with van der Waals surface area (Å²) in [5, 5.41) is 8.55. The summed E-state index contributed by atoms with van der Waals surface area (Å²) in [4.78, 5) is 11.9. The van der Waals surface area contributed by atoms with Crippen LogP contribution in [0.25, 0.3) is 0 Å². The molecule has 90 valence electrons. The molecule has 0 fully saturated rings. The summed E-state index contributed by atoms with van der Waals surface area (Å²) in [5.74, 6) is -0.553. The van der Waals surface area contributed by atoms with Crippen LogP contribution in [-0.4, -0.2) is 41.8 Å². The molecule has 0 bridgehead atoms. The fourth-order valence-corrected chi connectivity index (χ4v) is 1.12. The molecule has 1 amide bonds. The topological polar surface area (TPSA) is 40.5 Å². The number of hydrogen-bond acceptors (Lipinski definition) is 2. The maximum absolute atomic E-state index is 12.0. The highest BCUT2D eigenvalue weighted by atomic mass is 19.4. The zero-order valence-corrected chi connectivity index (χ0v) is 8.68. The lowest BCUT2D eigenvalue weighted by Crippen LogP contribution is -2.40. The third kappa shape index (κ3) is 7.18. The van der Waals surface area contributed by atoms with Gasteiger partial charge >= 0.3 is 6.18 Å². The first kappa shape index (κ1) is 14.2. The van der Waals surface area contributed by atoms with Crippen molar-refractivity contribution < 1.29 is 23.1 Å². The number of carbonyl (C=O) groups excluding carboxylic acids is 1. The number of aliphatic hydroxyl groups excluding tert-OH is 1. The van der Waals surface area contributed by atoms with E-state index in [0.717, 1.165) is 6.42 Å². The Kier molecular flexibility index (Phi) is 6.31. The van der Waals surface area contributed by atoms with Crippen LogP contribution in [0, 0.1) is 0 Å². The van der Waals surface area contributed by atoms with Gasteiger partial charge in [0, 0.05) is 13.0 Å². The lowest BCUT2D eigenvalue weighted by molar-refractivity contribution is -0.162. The van der Waals surface area contributed by atoms with Crippen LogP contribution in [0.15, 0.2) is 0 Å². The van der Waals surface area contributed by atoms with Gasteiger partial charge in [-0.15, -0.1) is 0 Å². The highest BCUT2D eigenvalue weighted by Crippen LogP contribution is 2.17. The zero-order valence-electron chi connectivity index (χ0n) is 8.68.